The minimum atomic E-state index is -0.239. The molecule has 3 atom stereocenters. The molecule has 1 saturated carbocycles. The van der Waals surface area contributed by atoms with E-state index in [1.165, 1.54) is 22.3 Å². The molecule has 2 fully saturated rings. The summed E-state index contributed by atoms with van der Waals surface area (Å²) in [5, 5.41) is 9.76. The van der Waals surface area contributed by atoms with E-state index < -0.39 is 0 Å². The van der Waals surface area contributed by atoms with Gasteiger partial charge in [0.15, 0.2) is 0 Å². The highest BCUT2D eigenvalue weighted by atomic mass is 16.6. The van der Waals surface area contributed by atoms with E-state index in [0.717, 1.165) is 6.42 Å². The Bertz CT molecular complexity index is 788. The lowest BCUT2D eigenvalue weighted by Gasteiger charge is -2.39. The van der Waals surface area contributed by atoms with Gasteiger partial charge >= 0.3 is 6.09 Å². The number of nitrogens with zero attached hydrogens (tertiary/aromatic N) is 1. The number of likely N-dealkylation sites (tertiary alicyclic amines) is 1. The second-order valence-corrected chi connectivity index (χ2v) is 7.32. The predicted octanol–water partition coefficient (Wildman–Crippen LogP) is 3.39. The summed E-state index contributed by atoms with van der Waals surface area (Å²) in [5.41, 5.74) is 4.94. The Kier molecular flexibility index (Phi) is 3.35. The maximum Gasteiger partial charge on any atom is 0.410 e. The summed E-state index contributed by atoms with van der Waals surface area (Å²) in [5.74, 6) is 0.349. The molecule has 0 unspecified atom stereocenters. The Morgan fingerprint density at radius 3 is 2.32 bits per heavy atom. The molecule has 25 heavy (non-hydrogen) atoms. The zero-order chi connectivity index (χ0) is 17.0. The third-order valence-electron chi connectivity index (χ3n) is 6.15. The van der Waals surface area contributed by atoms with E-state index in [2.05, 4.69) is 36.4 Å². The number of fused-ring (bicyclic) bond motifs is 4. The molecular weight excluding hydrogens is 314 g/mol. The van der Waals surface area contributed by atoms with Gasteiger partial charge in [0, 0.05) is 24.4 Å². The minimum absolute atomic E-state index is 0.0988. The summed E-state index contributed by atoms with van der Waals surface area (Å²) in [4.78, 5) is 14.4. The van der Waals surface area contributed by atoms with Crippen LogP contribution in [0.4, 0.5) is 4.79 Å². The molecule has 0 radical (unpaired) electrons. The van der Waals surface area contributed by atoms with Crippen molar-refractivity contribution in [3.8, 4) is 11.1 Å². The summed E-state index contributed by atoms with van der Waals surface area (Å²) in [6, 6.07) is 16.9. The molecule has 1 heterocycles. The Balaban J connectivity index is 1.34. The molecule has 2 aliphatic carbocycles. The fourth-order valence-electron chi connectivity index (χ4n) is 4.76. The molecule has 3 aliphatic rings. The van der Waals surface area contributed by atoms with Crippen molar-refractivity contribution in [3.05, 3.63) is 59.7 Å². The average Bonchev–Trinajstić information content (AvgIpc) is 3.15. The maximum absolute atomic E-state index is 12.5. The smallest absolute Gasteiger partial charge is 0.410 e. The Hall–Kier alpha value is -2.33. The molecule has 4 heteroatoms. The van der Waals surface area contributed by atoms with Crippen LogP contribution in [-0.4, -0.2) is 41.4 Å². The van der Waals surface area contributed by atoms with Crippen LogP contribution < -0.4 is 0 Å². The van der Waals surface area contributed by atoms with Crippen LogP contribution in [-0.2, 0) is 4.74 Å². The molecule has 0 bridgehead atoms. The molecule has 128 valence electrons. The number of hydrogen-bond donors (Lipinski definition) is 1. The molecule has 2 aromatic rings. The Morgan fingerprint density at radius 1 is 1.08 bits per heavy atom. The normalized spacial score (nSPS) is 26.6. The zero-order valence-corrected chi connectivity index (χ0v) is 14.0. The van der Waals surface area contributed by atoms with E-state index in [9.17, 15) is 9.90 Å². The summed E-state index contributed by atoms with van der Waals surface area (Å²) >= 11 is 0. The molecule has 0 spiro atoms. The molecule has 1 N–H and O–H groups in total. The van der Waals surface area contributed by atoms with E-state index in [-0.39, 0.29) is 30.1 Å². The largest absolute Gasteiger partial charge is 0.448 e. The Morgan fingerprint density at radius 2 is 1.72 bits per heavy atom. The van der Waals surface area contributed by atoms with Crippen molar-refractivity contribution in [3.63, 3.8) is 0 Å². The second kappa shape index (κ2) is 5.60. The average molecular weight is 335 g/mol. The van der Waals surface area contributed by atoms with Crippen molar-refractivity contribution in [2.75, 3.05) is 13.2 Å². The number of hydrogen-bond acceptors (Lipinski definition) is 3. The second-order valence-electron chi connectivity index (χ2n) is 7.32. The van der Waals surface area contributed by atoms with Gasteiger partial charge in [0.05, 0.1) is 6.10 Å². The van der Waals surface area contributed by atoms with Gasteiger partial charge in [-0.1, -0.05) is 48.5 Å². The highest BCUT2D eigenvalue weighted by Gasteiger charge is 2.49. The van der Waals surface area contributed by atoms with Crippen LogP contribution in [0.25, 0.3) is 11.1 Å². The van der Waals surface area contributed by atoms with Crippen LogP contribution in [0.3, 0.4) is 0 Å². The van der Waals surface area contributed by atoms with Gasteiger partial charge in [0.2, 0.25) is 0 Å². The lowest BCUT2D eigenvalue weighted by Crippen LogP contribution is -2.51. The maximum atomic E-state index is 12.5. The van der Waals surface area contributed by atoms with Crippen molar-refractivity contribution in [1.82, 2.24) is 4.90 Å². The molecular formula is C21H21NO3. The molecule has 5 rings (SSSR count). The van der Waals surface area contributed by atoms with E-state index in [0.29, 0.717) is 19.6 Å². The van der Waals surface area contributed by atoms with Gasteiger partial charge in [-0.3, -0.25) is 0 Å². The number of ether oxygens (including phenoxy) is 1. The standard InChI is InChI=1S/C21H21NO3/c23-20-11-19-17(20)9-10-22(19)21(24)25-12-18-15-7-3-1-5-13(15)14-6-2-4-8-16(14)18/h1-8,17-20,23H,9-12H2/t17-,19-,20-/m1/s1. The number of amides is 1. The first-order valence-electron chi connectivity index (χ1n) is 9.03. The van der Waals surface area contributed by atoms with Crippen molar-refractivity contribution in [1.29, 1.82) is 0 Å². The lowest BCUT2D eigenvalue weighted by molar-refractivity contribution is -0.0206. The highest BCUT2D eigenvalue weighted by molar-refractivity contribution is 5.79. The number of rotatable bonds is 2. The molecule has 1 saturated heterocycles. The minimum Gasteiger partial charge on any atom is -0.448 e. The number of benzene rings is 2. The topological polar surface area (TPSA) is 49.8 Å². The van der Waals surface area contributed by atoms with Crippen molar-refractivity contribution in [2.45, 2.75) is 30.9 Å². The SMILES string of the molecule is O=C(OCC1c2ccccc2-c2ccccc21)N1CC[C@H]2[C@H](O)C[C@H]21. The molecule has 1 aliphatic heterocycles. The highest BCUT2D eigenvalue weighted by Crippen LogP contribution is 2.45. The van der Waals surface area contributed by atoms with Crippen LogP contribution in [0.15, 0.2) is 48.5 Å². The first-order chi connectivity index (χ1) is 12.2. The van der Waals surface area contributed by atoms with Gasteiger partial charge in [-0.15, -0.1) is 0 Å². The Labute approximate surface area is 147 Å². The van der Waals surface area contributed by atoms with Gasteiger partial charge in [0.25, 0.3) is 0 Å². The van der Waals surface area contributed by atoms with Crippen molar-refractivity contribution in [2.24, 2.45) is 5.92 Å². The van der Waals surface area contributed by atoms with Crippen LogP contribution in [0, 0.1) is 5.92 Å². The number of aliphatic hydroxyl groups is 1. The summed E-state index contributed by atoms with van der Waals surface area (Å²) in [6.45, 7) is 1.06. The third-order valence-corrected chi connectivity index (χ3v) is 6.15. The third kappa shape index (κ3) is 2.20. The fourth-order valence-corrected chi connectivity index (χ4v) is 4.76. The number of carbonyl (C=O) groups is 1. The van der Waals surface area contributed by atoms with E-state index in [1.807, 2.05) is 17.0 Å². The lowest BCUT2D eigenvalue weighted by atomic mass is 9.77. The van der Waals surface area contributed by atoms with Gasteiger partial charge in [-0.2, -0.15) is 0 Å². The summed E-state index contributed by atoms with van der Waals surface area (Å²) < 4.78 is 5.72. The monoisotopic (exact) mass is 335 g/mol. The fraction of sp³-hybridized carbons (Fsp3) is 0.381. The summed E-state index contributed by atoms with van der Waals surface area (Å²) in [7, 11) is 0. The van der Waals surface area contributed by atoms with E-state index in [4.69, 9.17) is 4.74 Å². The predicted molar refractivity (Wildman–Crippen MR) is 94.3 cm³/mol. The van der Waals surface area contributed by atoms with Crippen LogP contribution in [0.2, 0.25) is 0 Å². The van der Waals surface area contributed by atoms with Crippen molar-refractivity contribution < 1.29 is 14.6 Å². The van der Waals surface area contributed by atoms with Gasteiger partial charge in [0.1, 0.15) is 6.61 Å². The quantitative estimate of drug-likeness (QED) is 0.915. The number of carbonyl (C=O) groups excluding carboxylic acids is 1. The first-order valence-corrected chi connectivity index (χ1v) is 9.03. The van der Waals surface area contributed by atoms with Crippen molar-refractivity contribution >= 4 is 6.09 Å². The van der Waals surface area contributed by atoms with Gasteiger partial charge in [-0.25, -0.2) is 4.79 Å². The van der Waals surface area contributed by atoms with Crippen LogP contribution in [0.5, 0.6) is 0 Å². The molecule has 0 aromatic heterocycles. The zero-order valence-electron chi connectivity index (χ0n) is 14.0. The first kappa shape index (κ1) is 15.0. The number of aliphatic hydroxyl groups excluding tert-OH is 1. The van der Waals surface area contributed by atoms with Crippen LogP contribution in [0.1, 0.15) is 29.9 Å². The van der Waals surface area contributed by atoms with Crippen LogP contribution >= 0.6 is 0 Å². The van der Waals surface area contributed by atoms with Gasteiger partial charge in [-0.05, 0) is 35.1 Å². The van der Waals surface area contributed by atoms with Gasteiger partial charge < -0.3 is 14.7 Å². The molecule has 4 nitrogen and oxygen atoms in total. The molecule has 2 aromatic carbocycles. The van der Waals surface area contributed by atoms with E-state index >= 15 is 0 Å². The molecule has 1 amide bonds. The van der Waals surface area contributed by atoms with E-state index in [1.54, 1.807) is 0 Å². The summed E-state index contributed by atoms with van der Waals surface area (Å²) in [6.07, 6.45) is 1.10.